The molecule has 0 unspecified atom stereocenters. The summed E-state index contributed by atoms with van der Waals surface area (Å²) in [4.78, 5) is 17.9. The Morgan fingerprint density at radius 3 is 2.64 bits per heavy atom. The summed E-state index contributed by atoms with van der Waals surface area (Å²) in [6.45, 7) is 0.897. The summed E-state index contributed by atoms with van der Waals surface area (Å²) < 4.78 is 0. The molecule has 1 aromatic rings. The zero-order chi connectivity index (χ0) is 16.0. The molecule has 0 heterocycles. The number of nitriles is 1. The van der Waals surface area contributed by atoms with Crippen LogP contribution in [0.15, 0.2) is 30.3 Å². The van der Waals surface area contributed by atoms with E-state index in [1.807, 2.05) is 30.3 Å². The molecule has 0 aliphatic rings. The second kappa shape index (κ2) is 12.0. The Bertz CT molecular complexity index is 459. The normalized spacial score (nSPS) is 10.2. The second-order valence-electron chi connectivity index (χ2n) is 5.02. The van der Waals surface area contributed by atoms with Gasteiger partial charge in [0.15, 0.2) is 0 Å². The lowest BCUT2D eigenvalue weighted by atomic mass is 10.2. The van der Waals surface area contributed by atoms with E-state index in [0.717, 1.165) is 31.2 Å². The first-order valence-electron chi connectivity index (χ1n) is 7.68. The molecule has 1 aromatic carbocycles. The number of amides is 1. The van der Waals surface area contributed by atoms with Gasteiger partial charge < -0.3 is 0 Å². The van der Waals surface area contributed by atoms with E-state index in [1.165, 1.54) is 5.06 Å². The monoisotopic (exact) mass is 322 g/mol. The van der Waals surface area contributed by atoms with Crippen LogP contribution < -0.4 is 0 Å². The topological polar surface area (TPSA) is 53.3 Å². The predicted octanol–water partition coefficient (Wildman–Crippen LogP) is 4.05. The third-order valence-corrected chi connectivity index (χ3v) is 3.45. The third-order valence-electron chi connectivity index (χ3n) is 3.18. The van der Waals surface area contributed by atoms with E-state index in [-0.39, 0.29) is 5.91 Å². The maximum absolute atomic E-state index is 12.2. The highest BCUT2D eigenvalue weighted by molar-refractivity contribution is 6.17. The smallest absolute Gasteiger partial charge is 0.246 e. The van der Waals surface area contributed by atoms with Crippen LogP contribution in [0.25, 0.3) is 0 Å². The quantitative estimate of drug-likeness (QED) is 0.351. The molecule has 0 atom stereocenters. The standard InChI is InChI=1S/C17H23ClN2O2/c18-12-6-5-11-17(21)20(14-8-2-7-13-19)22-15-16-9-3-1-4-10-16/h1,3-4,9-10H,2,5-8,11-12,14-15H2. The van der Waals surface area contributed by atoms with Gasteiger partial charge in [0.2, 0.25) is 5.91 Å². The Labute approximate surface area is 137 Å². The highest BCUT2D eigenvalue weighted by atomic mass is 35.5. The van der Waals surface area contributed by atoms with Crippen molar-refractivity contribution in [1.82, 2.24) is 5.06 Å². The van der Waals surface area contributed by atoms with Gasteiger partial charge in [-0.15, -0.1) is 11.6 Å². The van der Waals surface area contributed by atoms with Crippen molar-refractivity contribution in [3.05, 3.63) is 35.9 Å². The zero-order valence-electron chi connectivity index (χ0n) is 12.8. The number of unbranched alkanes of at least 4 members (excludes halogenated alkanes) is 3. The van der Waals surface area contributed by atoms with Crippen LogP contribution in [0.2, 0.25) is 0 Å². The van der Waals surface area contributed by atoms with Crippen molar-refractivity contribution in [2.24, 2.45) is 0 Å². The summed E-state index contributed by atoms with van der Waals surface area (Å²) >= 11 is 5.64. The molecule has 0 aromatic heterocycles. The molecule has 1 amide bonds. The van der Waals surface area contributed by atoms with Crippen LogP contribution in [0.3, 0.4) is 0 Å². The van der Waals surface area contributed by atoms with Gasteiger partial charge in [0.05, 0.1) is 6.07 Å². The fraction of sp³-hybridized carbons (Fsp3) is 0.529. The first-order chi connectivity index (χ1) is 10.8. The van der Waals surface area contributed by atoms with Crippen molar-refractivity contribution in [3.8, 4) is 6.07 Å². The molecular formula is C17H23ClN2O2. The summed E-state index contributed by atoms with van der Waals surface area (Å²) in [5.74, 6) is 0.554. The number of alkyl halides is 1. The van der Waals surface area contributed by atoms with Crippen molar-refractivity contribution >= 4 is 17.5 Å². The van der Waals surface area contributed by atoms with Crippen LogP contribution in [0.5, 0.6) is 0 Å². The minimum absolute atomic E-state index is 0.0157. The van der Waals surface area contributed by atoms with Crippen LogP contribution in [-0.4, -0.2) is 23.4 Å². The molecule has 0 N–H and O–H groups in total. The second-order valence-corrected chi connectivity index (χ2v) is 5.39. The number of hydroxylamine groups is 2. The average molecular weight is 323 g/mol. The predicted molar refractivity (Wildman–Crippen MR) is 87.0 cm³/mol. The van der Waals surface area contributed by atoms with Gasteiger partial charge in [0.1, 0.15) is 6.61 Å². The lowest BCUT2D eigenvalue weighted by Gasteiger charge is -2.22. The Morgan fingerprint density at radius 1 is 1.18 bits per heavy atom. The molecule has 1 rings (SSSR count). The van der Waals surface area contributed by atoms with E-state index in [1.54, 1.807) is 0 Å². The van der Waals surface area contributed by atoms with Gasteiger partial charge >= 0.3 is 0 Å². The van der Waals surface area contributed by atoms with E-state index >= 15 is 0 Å². The highest BCUT2D eigenvalue weighted by Gasteiger charge is 2.14. The van der Waals surface area contributed by atoms with Crippen LogP contribution in [-0.2, 0) is 16.2 Å². The molecule has 0 aliphatic carbocycles. The molecule has 0 aliphatic heterocycles. The number of benzene rings is 1. The SMILES string of the molecule is N#CCCCCN(OCc1ccccc1)C(=O)CCCCCl. The summed E-state index contributed by atoms with van der Waals surface area (Å²) in [5.41, 5.74) is 1.03. The molecule has 5 heteroatoms. The van der Waals surface area contributed by atoms with E-state index < -0.39 is 0 Å². The fourth-order valence-corrected chi connectivity index (χ4v) is 2.13. The van der Waals surface area contributed by atoms with Gasteiger partial charge in [0.25, 0.3) is 0 Å². The molecule has 22 heavy (non-hydrogen) atoms. The van der Waals surface area contributed by atoms with Crippen molar-refractivity contribution in [3.63, 3.8) is 0 Å². The summed E-state index contributed by atoms with van der Waals surface area (Å²) in [5, 5.41) is 10.0. The number of nitrogens with zero attached hydrogens (tertiary/aromatic N) is 2. The number of hydrogen-bond donors (Lipinski definition) is 0. The Hall–Kier alpha value is -1.57. The van der Waals surface area contributed by atoms with Gasteiger partial charge in [-0.1, -0.05) is 30.3 Å². The zero-order valence-corrected chi connectivity index (χ0v) is 13.6. The largest absolute Gasteiger partial charge is 0.273 e. The molecule has 4 nitrogen and oxygen atoms in total. The molecule has 0 spiro atoms. The average Bonchev–Trinajstić information content (AvgIpc) is 2.55. The summed E-state index contributed by atoms with van der Waals surface area (Å²) in [7, 11) is 0. The minimum Gasteiger partial charge on any atom is -0.273 e. The highest BCUT2D eigenvalue weighted by Crippen LogP contribution is 2.09. The summed E-state index contributed by atoms with van der Waals surface area (Å²) in [6.07, 6.45) is 4.09. The lowest BCUT2D eigenvalue weighted by Crippen LogP contribution is -2.32. The van der Waals surface area contributed by atoms with E-state index in [4.69, 9.17) is 21.7 Å². The molecule has 0 saturated heterocycles. The molecular weight excluding hydrogens is 300 g/mol. The first-order valence-corrected chi connectivity index (χ1v) is 8.21. The van der Waals surface area contributed by atoms with Crippen LogP contribution in [0.1, 0.15) is 44.1 Å². The van der Waals surface area contributed by atoms with Gasteiger partial charge in [-0.2, -0.15) is 5.26 Å². The number of hydrogen-bond acceptors (Lipinski definition) is 3. The van der Waals surface area contributed by atoms with Gasteiger partial charge in [-0.25, -0.2) is 5.06 Å². The fourth-order valence-electron chi connectivity index (χ4n) is 1.94. The van der Waals surface area contributed by atoms with Gasteiger partial charge in [0, 0.05) is 25.3 Å². The van der Waals surface area contributed by atoms with Gasteiger partial charge in [-0.3, -0.25) is 9.63 Å². The van der Waals surface area contributed by atoms with E-state index in [9.17, 15) is 4.79 Å². The number of carbonyl (C=O) groups excluding carboxylic acids is 1. The maximum atomic E-state index is 12.2. The first kappa shape index (κ1) is 18.5. The van der Waals surface area contributed by atoms with E-state index in [2.05, 4.69) is 6.07 Å². The molecule has 120 valence electrons. The minimum atomic E-state index is -0.0157. The molecule has 0 saturated carbocycles. The number of carbonyl (C=O) groups is 1. The van der Waals surface area contributed by atoms with Crippen LogP contribution in [0.4, 0.5) is 0 Å². The third kappa shape index (κ3) is 8.02. The van der Waals surface area contributed by atoms with Crippen molar-refractivity contribution < 1.29 is 9.63 Å². The lowest BCUT2D eigenvalue weighted by molar-refractivity contribution is -0.192. The Kier molecular flexibility index (Phi) is 10.1. The van der Waals surface area contributed by atoms with Crippen molar-refractivity contribution in [2.75, 3.05) is 12.4 Å². The Balaban J connectivity index is 2.45. The van der Waals surface area contributed by atoms with E-state index in [0.29, 0.717) is 31.9 Å². The Morgan fingerprint density at radius 2 is 1.95 bits per heavy atom. The maximum Gasteiger partial charge on any atom is 0.246 e. The molecule has 0 radical (unpaired) electrons. The number of halogens is 1. The molecule has 0 bridgehead atoms. The van der Waals surface area contributed by atoms with Crippen molar-refractivity contribution in [1.29, 1.82) is 5.26 Å². The number of rotatable bonds is 11. The van der Waals surface area contributed by atoms with Crippen LogP contribution >= 0.6 is 11.6 Å². The molecule has 0 fully saturated rings. The summed E-state index contributed by atoms with van der Waals surface area (Å²) in [6, 6.07) is 11.9. The van der Waals surface area contributed by atoms with Gasteiger partial charge in [-0.05, 0) is 31.2 Å². The van der Waals surface area contributed by atoms with Crippen LogP contribution in [0, 0.1) is 11.3 Å². The van der Waals surface area contributed by atoms with Crippen molar-refractivity contribution in [2.45, 2.75) is 45.1 Å².